The van der Waals surface area contributed by atoms with Gasteiger partial charge in [-0.05, 0) is 37.5 Å². The molecule has 2 N–H and O–H groups in total. The van der Waals surface area contributed by atoms with Crippen LogP contribution in [0.5, 0.6) is 0 Å². The lowest BCUT2D eigenvalue weighted by Gasteiger charge is -2.22. The monoisotopic (exact) mass is 294 g/mol. The van der Waals surface area contributed by atoms with Crippen LogP contribution < -0.4 is 10.2 Å². The van der Waals surface area contributed by atoms with Crippen LogP contribution in [0.25, 0.3) is 10.2 Å². The van der Waals surface area contributed by atoms with Crippen molar-refractivity contribution >= 4 is 32.6 Å². The predicted octanol–water partition coefficient (Wildman–Crippen LogP) is 1.44. The summed E-state index contributed by atoms with van der Waals surface area (Å²) < 4.78 is 13.9. The molecule has 1 fully saturated rings. The molecule has 0 saturated carbocycles. The van der Waals surface area contributed by atoms with Crippen LogP contribution in [0.3, 0.4) is 0 Å². The molecule has 4 nitrogen and oxygen atoms in total. The number of benzene rings is 1. The summed E-state index contributed by atoms with van der Waals surface area (Å²) >= 11 is 1.31. The van der Waals surface area contributed by atoms with Crippen LogP contribution in [-0.2, 0) is 4.79 Å². The zero-order valence-corrected chi connectivity index (χ0v) is 11.9. The van der Waals surface area contributed by atoms with E-state index in [1.165, 1.54) is 47.6 Å². The minimum Gasteiger partial charge on any atom is -0.327 e. The first-order valence-electron chi connectivity index (χ1n) is 6.90. The van der Waals surface area contributed by atoms with Crippen LogP contribution in [0.2, 0.25) is 0 Å². The summed E-state index contributed by atoms with van der Waals surface area (Å²) in [6, 6.07) is 4.46. The first-order valence-corrected chi connectivity index (χ1v) is 7.72. The standard InChI is InChI=1S/C14H16FN3OS/c15-10-4-5-11-12(8-10)20-14(16-11)17-13(19)9-18-6-2-1-3-7-18/h4-5,8H,1-3,6-7,9H2,(H,16,17,19)/p+1. The van der Waals surface area contributed by atoms with Crippen LogP contribution in [0, 0.1) is 5.82 Å². The van der Waals surface area contributed by atoms with Crippen LogP contribution in [0.4, 0.5) is 9.52 Å². The van der Waals surface area contributed by atoms with Crippen molar-refractivity contribution in [3.8, 4) is 0 Å². The summed E-state index contributed by atoms with van der Waals surface area (Å²) in [5.41, 5.74) is 0.719. The molecule has 1 saturated heterocycles. The number of amides is 1. The smallest absolute Gasteiger partial charge is 0.281 e. The maximum absolute atomic E-state index is 13.1. The summed E-state index contributed by atoms with van der Waals surface area (Å²) in [7, 11) is 0. The molecule has 0 atom stereocenters. The third-order valence-electron chi connectivity index (χ3n) is 3.57. The molecule has 3 rings (SSSR count). The molecule has 1 aliphatic rings. The molecule has 1 amide bonds. The van der Waals surface area contributed by atoms with E-state index in [2.05, 4.69) is 10.3 Å². The summed E-state index contributed by atoms with van der Waals surface area (Å²) in [6.07, 6.45) is 3.67. The number of quaternary nitrogens is 1. The lowest BCUT2D eigenvalue weighted by atomic mass is 10.1. The number of anilines is 1. The van der Waals surface area contributed by atoms with Gasteiger partial charge >= 0.3 is 0 Å². The molecule has 0 spiro atoms. The Morgan fingerprint density at radius 2 is 2.15 bits per heavy atom. The molecule has 0 bridgehead atoms. The Labute approximate surface area is 120 Å². The van der Waals surface area contributed by atoms with E-state index in [0.29, 0.717) is 11.7 Å². The Balaban J connectivity index is 1.64. The quantitative estimate of drug-likeness (QED) is 0.900. The summed E-state index contributed by atoms with van der Waals surface area (Å²) in [5, 5.41) is 3.37. The van der Waals surface area contributed by atoms with Crippen molar-refractivity contribution in [2.45, 2.75) is 19.3 Å². The third kappa shape index (κ3) is 3.13. The highest BCUT2D eigenvalue weighted by Crippen LogP contribution is 2.26. The van der Waals surface area contributed by atoms with Crippen LogP contribution in [-0.4, -0.2) is 30.5 Å². The van der Waals surface area contributed by atoms with Crippen molar-refractivity contribution in [3.05, 3.63) is 24.0 Å². The second-order valence-corrected chi connectivity index (χ2v) is 6.20. The Morgan fingerprint density at radius 3 is 2.95 bits per heavy atom. The number of carbonyl (C=O) groups is 1. The van der Waals surface area contributed by atoms with Gasteiger partial charge in [0.1, 0.15) is 5.82 Å². The van der Waals surface area contributed by atoms with Gasteiger partial charge in [0.2, 0.25) is 0 Å². The Kier molecular flexibility index (Phi) is 3.93. The molecule has 0 unspecified atom stereocenters. The first-order chi connectivity index (χ1) is 9.70. The number of thiazole rings is 1. The van der Waals surface area contributed by atoms with Gasteiger partial charge in [0.05, 0.1) is 23.3 Å². The average molecular weight is 294 g/mol. The van der Waals surface area contributed by atoms with E-state index in [9.17, 15) is 9.18 Å². The largest absolute Gasteiger partial charge is 0.327 e. The maximum Gasteiger partial charge on any atom is 0.281 e. The van der Waals surface area contributed by atoms with Gasteiger partial charge in [0, 0.05) is 0 Å². The van der Waals surface area contributed by atoms with E-state index in [0.717, 1.165) is 23.3 Å². The number of hydrogen-bond acceptors (Lipinski definition) is 3. The number of nitrogens with zero attached hydrogens (tertiary/aromatic N) is 1. The highest BCUT2D eigenvalue weighted by atomic mass is 32.1. The Hall–Kier alpha value is -1.53. The fraction of sp³-hybridized carbons (Fsp3) is 0.429. The van der Waals surface area contributed by atoms with E-state index < -0.39 is 0 Å². The van der Waals surface area contributed by atoms with Crippen molar-refractivity contribution in [2.75, 3.05) is 25.0 Å². The minimum absolute atomic E-state index is 0.0126. The van der Waals surface area contributed by atoms with Crippen LogP contribution in [0.15, 0.2) is 18.2 Å². The molecular formula is C14H17FN3OS+. The molecule has 0 radical (unpaired) electrons. The van der Waals surface area contributed by atoms with Crippen molar-refractivity contribution in [3.63, 3.8) is 0 Å². The molecule has 6 heteroatoms. The van der Waals surface area contributed by atoms with Crippen LogP contribution >= 0.6 is 11.3 Å². The summed E-state index contributed by atoms with van der Waals surface area (Å²) in [4.78, 5) is 17.6. The summed E-state index contributed by atoms with van der Waals surface area (Å²) in [5.74, 6) is -0.293. The van der Waals surface area contributed by atoms with Crippen molar-refractivity contribution in [1.29, 1.82) is 0 Å². The Morgan fingerprint density at radius 1 is 1.35 bits per heavy atom. The molecule has 2 heterocycles. The number of halogens is 1. The SMILES string of the molecule is O=C(C[NH+]1CCCCC1)Nc1nc2ccc(F)cc2s1. The first kappa shape index (κ1) is 13.5. The zero-order chi connectivity index (χ0) is 13.9. The number of likely N-dealkylation sites (tertiary alicyclic amines) is 1. The highest BCUT2D eigenvalue weighted by Gasteiger charge is 2.18. The number of aromatic nitrogens is 1. The van der Waals surface area contributed by atoms with Crippen molar-refractivity contribution in [2.24, 2.45) is 0 Å². The third-order valence-corrected chi connectivity index (χ3v) is 4.50. The van der Waals surface area contributed by atoms with E-state index in [4.69, 9.17) is 0 Å². The maximum atomic E-state index is 13.1. The van der Waals surface area contributed by atoms with Gasteiger partial charge < -0.3 is 4.90 Å². The highest BCUT2D eigenvalue weighted by molar-refractivity contribution is 7.22. The van der Waals surface area contributed by atoms with Gasteiger partial charge in [-0.3, -0.25) is 10.1 Å². The number of piperidine rings is 1. The molecular weight excluding hydrogens is 277 g/mol. The van der Waals surface area contributed by atoms with Crippen LogP contribution in [0.1, 0.15) is 19.3 Å². The molecule has 20 heavy (non-hydrogen) atoms. The topological polar surface area (TPSA) is 46.4 Å². The van der Waals surface area contributed by atoms with Gasteiger partial charge in [-0.2, -0.15) is 0 Å². The molecule has 1 aromatic carbocycles. The molecule has 0 aliphatic carbocycles. The number of fused-ring (bicyclic) bond motifs is 1. The lowest BCUT2D eigenvalue weighted by molar-refractivity contribution is -0.896. The molecule has 1 aromatic heterocycles. The minimum atomic E-state index is -0.281. The fourth-order valence-electron chi connectivity index (χ4n) is 2.57. The van der Waals surface area contributed by atoms with E-state index >= 15 is 0 Å². The van der Waals surface area contributed by atoms with Gasteiger partial charge in [-0.1, -0.05) is 11.3 Å². The van der Waals surface area contributed by atoms with E-state index in [1.807, 2.05) is 0 Å². The molecule has 2 aromatic rings. The van der Waals surface area contributed by atoms with Gasteiger partial charge in [-0.15, -0.1) is 0 Å². The van der Waals surface area contributed by atoms with Crippen molar-refractivity contribution < 1.29 is 14.1 Å². The number of nitrogens with one attached hydrogen (secondary N) is 2. The fourth-order valence-corrected chi connectivity index (χ4v) is 3.48. The second kappa shape index (κ2) is 5.85. The Bertz CT molecular complexity index is 622. The van der Waals surface area contributed by atoms with E-state index in [1.54, 1.807) is 6.07 Å². The molecule has 106 valence electrons. The predicted molar refractivity (Wildman–Crippen MR) is 77.6 cm³/mol. The second-order valence-electron chi connectivity index (χ2n) is 5.17. The normalized spacial score (nSPS) is 16.4. The van der Waals surface area contributed by atoms with Crippen molar-refractivity contribution in [1.82, 2.24) is 4.98 Å². The average Bonchev–Trinajstić information content (AvgIpc) is 2.80. The zero-order valence-electron chi connectivity index (χ0n) is 11.1. The lowest BCUT2D eigenvalue weighted by Crippen LogP contribution is -3.13. The number of hydrogen-bond donors (Lipinski definition) is 2. The number of rotatable bonds is 3. The van der Waals surface area contributed by atoms with Gasteiger partial charge in [0.25, 0.3) is 5.91 Å². The summed E-state index contributed by atoms with van der Waals surface area (Å²) in [6.45, 7) is 2.63. The van der Waals surface area contributed by atoms with E-state index in [-0.39, 0.29) is 11.7 Å². The van der Waals surface area contributed by atoms with Gasteiger partial charge in [-0.25, -0.2) is 9.37 Å². The molecule has 1 aliphatic heterocycles. The number of carbonyl (C=O) groups excluding carboxylic acids is 1. The van der Waals surface area contributed by atoms with Gasteiger partial charge in [0.15, 0.2) is 11.7 Å².